The van der Waals surface area contributed by atoms with Gasteiger partial charge in [-0.05, 0) is 105 Å². The minimum absolute atomic E-state index is 0.142. The summed E-state index contributed by atoms with van der Waals surface area (Å²) in [6, 6.07) is 39.0. The smallest absolute Gasteiger partial charge is 0.293 e. The van der Waals surface area contributed by atoms with Gasteiger partial charge in [0.25, 0.3) is 21.6 Å². The first-order chi connectivity index (χ1) is 27.4. The highest BCUT2D eigenvalue weighted by molar-refractivity contribution is 7.99. The molecule has 1 fully saturated rings. The van der Waals surface area contributed by atoms with Crippen LogP contribution in [-0.2, 0) is 21.2 Å². The Hall–Kier alpha value is -5.21. The van der Waals surface area contributed by atoms with Crippen molar-refractivity contribution in [3.8, 4) is 11.1 Å². The van der Waals surface area contributed by atoms with Crippen LogP contribution in [0.2, 0.25) is 0 Å². The maximum absolute atomic E-state index is 13.4. The first-order valence-electron chi connectivity index (χ1n) is 18.9. The Morgan fingerprint density at radius 3 is 2.21 bits per heavy atom. The molecule has 1 amide bonds. The molecule has 0 unspecified atom stereocenters. The van der Waals surface area contributed by atoms with Gasteiger partial charge in [0.2, 0.25) is 0 Å². The third-order valence-corrected chi connectivity index (χ3v) is 12.9. The molecule has 6 rings (SSSR count). The largest absolute Gasteiger partial charge is 0.378 e. The lowest BCUT2D eigenvalue weighted by Gasteiger charge is -2.42. The van der Waals surface area contributed by atoms with Crippen molar-refractivity contribution >= 4 is 44.8 Å². The van der Waals surface area contributed by atoms with Gasteiger partial charge in [-0.25, -0.2) is 13.1 Å². The summed E-state index contributed by atoms with van der Waals surface area (Å²) in [6.45, 7) is 2.23. The maximum atomic E-state index is 13.4. The number of carbonyl (C=O) groups excluding carboxylic acids is 1. The number of piperidine rings is 1. The van der Waals surface area contributed by atoms with E-state index in [0.29, 0.717) is 12.2 Å². The van der Waals surface area contributed by atoms with Crippen LogP contribution in [-0.4, -0.2) is 82.4 Å². The molecule has 1 atom stereocenters. The van der Waals surface area contributed by atoms with Crippen LogP contribution in [0, 0.1) is 10.1 Å². The van der Waals surface area contributed by atoms with Crippen molar-refractivity contribution in [1.82, 2.24) is 9.62 Å². The third-order valence-electron chi connectivity index (χ3n) is 10.4. The second kappa shape index (κ2) is 18.8. The topological polar surface area (TPSA) is 134 Å². The van der Waals surface area contributed by atoms with E-state index in [4.69, 9.17) is 4.74 Å². The van der Waals surface area contributed by atoms with Crippen molar-refractivity contribution in [2.45, 2.75) is 47.1 Å². The molecule has 0 aliphatic carbocycles. The zero-order chi connectivity index (χ0) is 40.4. The van der Waals surface area contributed by atoms with Gasteiger partial charge < -0.3 is 19.9 Å². The normalized spacial score (nSPS) is 14.6. The fraction of sp³-hybridized carbons (Fsp3) is 0.295. The molecule has 13 heteroatoms. The molecule has 0 bridgehead atoms. The van der Waals surface area contributed by atoms with Crippen LogP contribution in [0.15, 0.2) is 137 Å². The highest BCUT2D eigenvalue weighted by Gasteiger charge is 2.35. The van der Waals surface area contributed by atoms with Gasteiger partial charge in [-0.3, -0.25) is 14.9 Å². The van der Waals surface area contributed by atoms with Gasteiger partial charge in [0, 0.05) is 60.6 Å². The monoisotopic (exact) mass is 807 g/mol. The molecule has 0 saturated carbocycles. The maximum Gasteiger partial charge on any atom is 0.293 e. The van der Waals surface area contributed by atoms with Crippen LogP contribution >= 0.6 is 11.8 Å². The Morgan fingerprint density at radius 1 is 0.912 bits per heavy atom. The number of ether oxygens (including phenoxy) is 1. The molecule has 1 heterocycles. The number of nitrogens with zero attached hydrogens (tertiary/aromatic N) is 3. The molecule has 57 heavy (non-hydrogen) atoms. The van der Waals surface area contributed by atoms with E-state index in [1.54, 1.807) is 43.1 Å². The number of nitro benzene ring substituents is 1. The Morgan fingerprint density at radius 2 is 1.56 bits per heavy atom. The van der Waals surface area contributed by atoms with E-state index in [2.05, 4.69) is 51.3 Å². The predicted octanol–water partition coefficient (Wildman–Crippen LogP) is 8.13. The van der Waals surface area contributed by atoms with Gasteiger partial charge >= 0.3 is 0 Å². The lowest BCUT2D eigenvalue weighted by molar-refractivity contribution is -0.384. The Kier molecular flexibility index (Phi) is 13.7. The van der Waals surface area contributed by atoms with Gasteiger partial charge in [-0.15, -0.1) is 11.8 Å². The summed E-state index contributed by atoms with van der Waals surface area (Å²) in [7, 11) is 1.26. The van der Waals surface area contributed by atoms with Crippen molar-refractivity contribution in [3.63, 3.8) is 0 Å². The first kappa shape index (κ1) is 41.4. The Balaban J connectivity index is 1.08. The van der Waals surface area contributed by atoms with Crippen molar-refractivity contribution in [2.24, 2.45) is 0 Å². The molecule has 0 spiro atoms. The van der Waals surface area contributed by atoms with Crippen LogP contribution in [0.25, 0.3) is 11.1 Å². The van der Waals surface area contributed by atoms with E-state index in [1.165, 1.54) is 28.8 Å². The highest BCUT2D eigenvalue weighted by Crippen LogP contribution is 2.35. The summed E-state index contributed by atoms with van der Waals surface area (Å²) < 4.78 is 35.1. The molecule has 1 aliphatic rings. The zero-order valence-corrected chi connectivity index (χ0v) is 34.1. The average molecular weight is 808 g/mol. The second-order valence-electron chi connectivity index (χ2n) is 14.5. The second-order valence-corrected chi connectivity index (χ2v) is 17.3. The number of hydrogen-bond acceptors (Lipinski definition) is 10. The highest BCUT2D eigenvalue weighted by atomic mass is 32.2. The fourth-order valence-corrected chi connectivity index (χ4v) is 9.09. The van der Waals surface area contributed by atoms with Crippen molar-refractivity contribution in [1.29, 1.82) is 0 Å². The number of amides is 1. The number of nitro groups is 1. The first-order valence-corrected chi connectivity index (χ1v) is 21.4. The van der Waals surface area contributed by atoms with Gasteiger partial charge in [-0.1, -0.05) is 72.8 Å². The van der Waals surface area contributed by atoms with Gasteiger partial charge in [0.1, 0.15) is 5.69 Å². The number of thioether (sulfide) groups is 1. The van der Waals surface area contributed by atoms with E-state index in [1.807, 2.05) is 67.5 Å². The van der Waals surface area contributed by atoms with Gasteiger partial charge in [-0.2, -0.15) is 0 Å². The lowest BCUT2D eigenvalue weighted by Crippen LogP contribution is -2.47. The Labute approximate surface area is 339 Å². The SMILES string of the molecule is COC1(Cc2ccccc2-c2ccccc2)CCN(c2ccc(C(=O)NS(=O)(=O)c3ccc(N[C@H](CCN(C)C)CSc4ccccc4)c([N+](=O)[O-])c3)cc2)CC1. The molecule has 298 valence electrons. The standard InChI is InChI=1S/C44H49N5O6S2/c1-47(2)27-24-36(32-56-38-15-8-5-9-16-38)45-41-23-22-39(30-42(41)49(51)52)57(53,54)46-43(50)34-18-20-37(21-19-34)48-28-25-44(55-3,26-29-48)31-35-14-10-11-17-40(35)33-12-6-4-7-13-33/h4-23,30,36,45H,24-29,31-32H2,1-3H3,(H,46,50)/t36-/m1/s1. The number of carbonyl (C=O) groups is 1. The summed E-state index contributed by atoms with van der Waals surface area (Å²) in [5.41, 5.74) is 4.16. The fourth-order valence-electron chi connectivity index (χ4n) is 7.11. The number of sulfonamides is 1. The number of methoxy groups -OCH3 is 1. The summed E-state index contributed by atoms with van der Waals surface area (Å²) >= 11 is 1.63. The van der Waals surface area contributed by atoms with Crippen molar-refractivity contribution < 1.29 is 22.9 Å². The minimum atomic E-state index is -4.44. The molecule has 1 saturated heterocycles. The van der Waals surface area contributed by atoms with Crippen LogP contribution in [0.4, 0.5) is 17.1 Å². The van der Waals surface area contributed by atoms with Crippen LogP contribution in [0.1, 0.15) is 35.2 Å². The molecule has 0 aromatic heterocycles. The summed E-state index contributed by atoms with van der Waals surface area (Å²) in [5, 5.41) is 15.5. The predicted molar refractivity (Wildman–Crippen MR) is 229 cm³/mol. The Bertz CT molecular complexity index is 2230. The molecule has 11 nitrogen and oxygen atoms in total. The van der Waals surface area contributed by atoms with E-state index >= 15 is 0 Å². The third kappa shape index (κ3) is 10.8. The van der Waals surface area contributed by atoms with Crippen LogP contribution < -0.4 is 14.9 Å². The number of nitrogens with one attached hydrogen (secondary N) is 2. The summed E-state index contributed by atoms with van der Waals surface area (Å²) in [5.74, 6) is -0.193. The molecule has 5 aromatic carbocycles. The van der Waals surface area contributed by atoms with Gasteiger partial charge in [0.15, 0.2) is 0 Å². The van der Waals surface area contributed by atoms with Crippen LogP contribution in [0.5, 0.6) is 0 Å². The van der Waals surface area contributed by atoms with Crippen molar-refractivity contribution in [2.75, 3.05) is 56.8 Å². The van der Waals surface area contributed by atoms with E-state index in [-0.39, 0.29) is 27.8 Å². The quantitative estimate of drug-likeness (QED) is 0.0539. The number of rotatable bonds is 17. The molecule has 0 radical (unpaired) electrons. The molecule has 2 N–H and O–H groups in total. The summed E-state index contributed by atoms with van der Waals surface area (Å²) in [4.78, 5) is 29.8. The number of hydrogen-bond donors (Lipinski definition) is 2. The number of anilines is 2. The molecule has 5 aromatic rings. The molecular formula is C44H49N5O6S2. The van der Waals surface area contributed by atoms with Gasteiger partial charge in [0.05, 0.1) is 15.4 Å². The average Bonchev–Trinajstić information content (AvgIpc) is 3.22. The van der Waals surface area contributed by atoms with E-state index < -0.39 is 26.5 Å². The van der Waals surface area contributed by atoms with E-state index in [0.717, 1.165) is 55.5 Å². The van der Waals surface area contributed by atoms with E-state index in [9.17, 15) is 23.3 Å². The molecular weight excluding hydrogens is 759 g/mol. The molecule has 1 aliphatic heterocycles. The lowest BCUT2D eigenvalue weighted by atomic mass is 9.82. The number of benzene rings is 5. The van der Waals surface area contributed by atoms with Crippen molar-refractivity contribution in [3.05, 3.63) is 149 Å². The zero-order valence-electron chi connectivity index (χ0n) is 32.5. The minimum Gasteiger partial charge on any atom is -0.378 e. The summed E-state index contributed by atoms with van der Waals surface area (Å²) in [6.07, 6.45) is 3.09. The van der Waals surface area contributed by atoms with Crippen LogP contribution in [0.3, 0.4) is 0 Å².